The molecule has 0 aliphatic carbocycles. The van der Waals surface area contributed by atoms with Crippen LogP contribution in [0.4, 0.5) is 15.9 Å². The minimum atomic E-state index is -0.469. The largest absolute Gasteiger partial charge is 0.493 e. The van der Waals surface area contributed by atoms with E-state index in [9.17, 15) is 4.39 Å². The number of halogens is 2. The molecule has 1 aliphatic heterocycles. The average Bonchev–Trinajstić information content (AvgIpc) is 3.29. The van der Waals surface area contributed by atoms with Gasteiger partial charge in [-0.3, -0.25) is 0 Å². The Kier molecular flexibility index (Phi) is 7.04. The molecule has 0 radical (unpaired) electrons. The lowest BCUT2D eigenvalue weighted by Gasteiger charge is -2.15. The lowest BCUT2D eigenvalue weighted by atomic mass is 10.2. The minimum Gasteiger partial charge on any atom is -0.493 e. The second-order valence-corrected chi connectivity index (χ2v) is 8.01. The molecule has 4 rings (SSSR count). The molecule has 164 valence electrons. The van der Waals surface area contributed by atoms with Crippen LogP contribution in [0.2, 0.25) is 5.02 Å². The maximum Gasteiger partial charge on any atom is 0.163 e. The summed E-state index contributed by atoms with van der Waals surface area (Å²) < 4.78 is 25.0. The van der Waals surface area contributed by atoms with Crippen molar-refractivity contribution in [2.45, 2.75) is 25.7 Å². The second-order valence-electron chi connectivity index (χ2n) is 7.60. The van der Waals surface area contributed by atoms with Gasteiger partial charge in [0.2, 0.25) is 0 Å². The first-order chi connectivity index (χ1) is 15.1. The van der Waals surface area contributed by atoms with Crippen molar-refractivity contribution in [3.05, 3.63) is 47.5 Å². The highest BCUT2D eigenvalue weighted by atomic mass is 35.5. The van der Waals surface area contributed by atoms with Crippen LogP contribution in [0.25, 0.3) is 10.9 Å². The van der Waals surface area contributed by atoms with Crippen LogP contribution in [0.15, 0.2) is 36.7 Å². The molecule has 0 spiro atoms. The molecular formula is C23H26ClFN4O2. The number of hydrogen-bond acceptors (Lipinski definition) is 6. The number of ether oxygens (including phenoxy) is 2. The van der Waals surface area contributed by atoms with E-state index in [1.807, 2.05) is 12.1 Å². The molecule has 1 aromatic heterocycles. The van der Waals surface area contributed by atoms with Gasteiger partial charge in [0, 0.05) is 17.1 Å². The number of benzene rings is 2. The van der Waals surface area contributed by atoms with Crippen LogP contribution in [0.1, 0.15) is 25.7 Å². The van der Waals surface area contributed by atoms with E-state index in [2.05, 4.69) is 20.2 Å². The van der Waals surface area contributed by atoms with E-state index in [4.69, 9.17) is 21.1 Å². The number of unbranched alkanes of at least 4 members (excludes halogenated alkanes) is 1. The highest BCUT2D eigenvalue weighted by molar-refractivity contribution is 6.31. The van der Waals surface area contributed by atoms with Gasteiger partial charge in [0.05, 0.1) is 24.3 Å². The number of nitrogens with one attached hydrogen (secondary N) is 1. The summed E-state index contributed by atoms with van der Waals surface area (Å²) in [6.45, 7) is 4.20. The maximum absolute atomic E-state index is 13.4. The Morgan fingerprint density at radius 1 is 1.10 bits per heavy atom. The van der Waals surface area contributed by atoms with Crippen LogP contribution < -0.4 is 14.8 Å². The quantitative estimate of drug-likeness (QED) is 0.444. The van der Waals surface area contributed by atoms with Gasteiger partial charge in [0.15, 0.2) is 11.5 Å². The Hall–Kier alpha value is -2.64. The molecule has 3 aromatic rings. The fraction of sp³-hybridized carbons (Fsp3) is 0.391. The van der Waals surface area contributed by atoms with Crippen molar-refractivity contribution in [2.24, 2.45) is 0 Å². The molecule has 2 aromatic carbocycles. The molecule has 0 amide bonds. The highest BCUT2D eigenvalue weighted by Gasteiger charge is 2.13. The van der Waals surface area contributed by atoms with E-state index in [1.165, 1.54) is 44.4 Å². The van der Waals surface area contributed by atoms with E-state index >= 15 is 0 Å². The number of likely N-dealkylation sites (tertiary alicyclic amines) is 1. The molecule has 0 unspecified atom stereocenters. The van der Waals surface area contributed by atoms with Crippen molar-refractivity contribution in [3.8, 4) is 11.5 Å². The van der Waals surface area contributed by atoms with Crippen molar-refractivity contribution < 1.29 is 13.9 Å². The highest BCUT2D eigenvalue weighted by Crippen LogP contribution is 2.35. The van der Waals surface area contributed by atoms with Crippen LogP contribution in [0, 0.1) is 5.82 Å². The third-order valence-corrected chi connectivity index (χ3v) is 5.72. The smallest absolute Gasteiger partial charge is 0.163 e. The summed E-state index contributed by atoms with van der Waals surface area (Å²) in [6, 6.07) is 8.14. The summed E-state index contributed by atoms with van der Waals surface area (Å²) in [6.07, 6.45) is 6.21. The summed E-state index contributed by atoms with van der Waals surface area (Å²) in [5, 5.41) is 3.98. The normalized spacial score (nSPS) is 14.2. The number of methoxy groups -OCH3 is 1. The number of fused-ring (bicyclic) bond motifs is 1. The molecule has 1 N–H and O–H groups in total. The topological polar surface area (TPSA) is 59.5 Å². The van der Waals surface area contributed by atoms with Gasteiger partial charge in [-0.25, -0.2) is 14.4 Å². The molecule has 2 heterocycles. The molecule has 1 fully saturated rings. The van der Waals surface area contributed by atoms with E-state index in [1.54, 1.807) is 13.2 Å². The Balaban J connectivity index is 1.46. The Morgan fingerprint density at radius 2 is 1.94 bits per heavy atom. The van der Waals surface area contributed by atoms with Gasteiger partial charge in [-0.15, -0.1) is 0 Å². The number of rotatable bonds is 9. The summed E-state index contributed by atoms with van der Waals surface area (Å²) in [7, 11) is 1.61. The fourth-order valence-electron chi connectivity index (χ4n) is 3.77. The molecule has 0 bridgehead atoms. The summed E-state index contributed by atoms with van der Waals surface area (Å²) in [5.74, 6) is 1.37. The Morgan fingerprint density at radius 3 is 2.71 bits per heavy atom. The van der Waals surface area contributed by atoms with Gasteiger partial charge in [-0.2, -0.15) is 0 Å². The second kappa shape index (κ2) is 10.1. The monoisotopic (exact) mass is 444 g/mol. The zero-order valence-corrected chi connectivity index (χ0v) is 18.3. The molecule has 31 heavy (non-hydrogen) atoms. The molecule has 0 saturated carbocycles. The number of anilines is 2. The van der Waals surface area contributed by atoms with Gasteiger partial charge in [-0.1, -0.05) is 11.6 Å². The van der Waals surface area contributed by atoms with Crippen LogP contribution >= 0.6 is 11.6 Å². The van der Waals surface area contributed by atoms with E-state index in [0.29, 0.717) is 29.6 Å². The standard InChI is InChI=1S/C23H26ClFN4O2/c1-30-21-13-17-20(14-22(21)31-11-5-4-10-29-8-2-3-9-29)26-15-27-23(17)28-16-6-7-19(25)18(24)12-16/h6-7,12-15H,2-5,8-11H2,1H3,(H,26,27,28). The van der Waals surface area contributed by atoms with Gasteiger partial charge in [-0.05, 0) is 69.6 Å². The van der Waals surface area contributed by atoms with Crippen LogP contribution in [-0.2, 0) is 0 Å². The van der Waals surface area contributed by atoms with Gasteiger partial charge in [0.1, 0.15) is 18.0 Å². The van der Waals surface area contributed by atoms with E-state index in [-0.39, 0.29) is 5.02 Å². The van der Waals surface area contributed by atoms with Gasteiger partial charge in [0.25, 0.3) is 0 Å². The Bertz CT molecular complexity index is 1040. The molecule has 6 nitrogen and oxygen atoms in total. The zero-order valence-electron chi connectivity index (χ0n) is 17.5. The summed E-state index contributed by atoms with van der Waals surface area (Å²) in [5.41, 5.74) is 1.35. The summed E-state index contributed by atoms with van der Waals surface area (Å²) in [4.78, 5) is 11.2. The SMILES string of the molecule is COc1cc2c(Nc3ccc(F)c(Cl)c3)ncnc2cc1OCCCCN1CCCC1. The van der Waals surface area contributed by atoms with Crippen LogP contribution in [-0.4, -0.2) is 48.2 Å². The number of hydrogen-bond donors (Lipinski definition) is 1. The molecule has 8 heteroatoms. The first-order valence-corrected chi connectivity index (χ1v) is 10.9. The lowest BCUT2D eigenvalue weighted by molar-refractivity contribution is 0.269. The van der Waals surface area contributed by atoms with Crippen LogP contribution in [0.5, 0.6) is 11.5 Å². The lowest BCUT2D eigenvalue weighted by Crippen LogP contribution is -2.20. The molecular weight excluding hydrogens is 419 g/mol. The van der Waals surface area contributed by atoms with Crippen molar-refractivity contribution in [3.63, 3.8) is 0 Å². The zero-order chi connectivity index (χ0) is 21.6. The van der Waals surface area contributed by atoms with Gasteiger partial charge >= 0.3 is 0 Å². The van der Waals surface area contributed by atoms with E-state index in [0.717, 1.165) is 30.3 Å². The predicted octanol–water partition coefficient (Wildman–Crippen LogP) is 5.43. The van der Waals surface area contributed by atoms with Crippen molar-refractivity contribution in [1.29, 1.82) is 0 Å². The third-order valence-electron chi connectivity index (χ3n) is 5.43. The fourth-order valence-corrected chi connectivity index (χ4v) is 3.95. The van der Waals surface area contributed by atoms with Gasteiger partial charge < -0.3 is 19.7 Å². The first kappa shape index (κ1) is 21.6. The summed E-state index contributed by atoms with van der Waals surface area (Å²) >= 11 is 5.89. The Labute approximate surface area is 186 Å². The maximum atomic E-state index is 13.4. The molecule has 0 atom stereocenters. The van der Waals surface area contributed by atoms with Crippen LogP contribution in [0.3, 0.4) is 0 Å². The number of nitrogens with zero attached hydrogens (tertiary/aromatic N) is 3. The number of aromatic nitrogens is 2. The molecule has 1 saturated heterocycles. The minimum absolute atomic E-state index is 0.0429. The van der Waals surface area contributed by atoms with Crippen molar-refractivity contribution >= 4 is 34.0 Å². The molecule has 1 aliphatic rings. The van der Waals surface area contributed by atoms with E-state index < -0.39 is 5.82 Å². The predicted molar refractivity (Wildman–Crippen MR) is 121 cm³/mol. The van der Waals surface area contributed by atoms with Crippen molar-refractivity contribution in [2.75, 3.05) is 38.7 Å². The van der Waals surface area contributed by atoms with Crippen molar-refractivity contribution in [1.82, 2.24) is 14.9 Å². The third kappa shape index (κ3) is 5.35. The first-order valence-electron chi connectivity index (χ1n) is 10.5. The average molecular weight is 445 g/mol.